The van der Waals surface area contributed by atoms with Gasteiger partial charge >= 0.3 is 0 Å². The lowest BCUT2D eigenvalue weighted by molar-refractivity contribution is -0.124. The van der Waals surface area contributed by atoms with E-state index in [1.807, 2.05) is 12.1 Å². The fourth-order valence-electron chi connectivity index (χ4n) is 2.46. The summed E-state index contributed by atoms with van der Waals surface area (Å²) in [5.41, 5.74) is 6.40. The van der Waals surface area contributed by atoms with E-state index in [4.69, 9.17) is 5.73 Å². The monoisotopic (exact) mass is 389 g/mol. The molecule has 122 valence electrons. The van der Waals surface area contributed by atoms with Crippen molar-refractivity contribution in [3.63, 3.8) is 0 Å². The topological polar surface area (TPSA) is 84.2 Å². The fraction of sp³-hybridized carbons (Fsp3) is 0.467. The highest BCUT2D eigenvalue weighted by Gasteiger charge is 2.27. The zero-order chi connectivity index (χ0) is 15.2. The summed E-state index contributed by atoms with van der Waals surface area (Å²) in [7, 11) is 0. The van der Waals surface area contributed by atoms with Crippen molar-refractivity contribution in [2.75, 3.05) is 13.1 Å². The quantitative estimate of drug-likeness (QED) is 0.671. The summed E-state index contributed by atoms with van der Waals surface area (Å²) in [5.74, 6) is -0.0670. The van der Waals surface area contributed by atoms with Crippen LogP contribution in [0.25, 0.3) is 0 Å². The molecule has 2 unspecified atom stereocenters. The Kier molecular flexibility index (Phi) is 7.85. The molecule has 1 aromatic carbocycles. The maximum atomic E-state index is 11.9. The van der Waals surface area contributed by atoms with E-state index in [1.165, 1.54) is 0 Å². The Morgan fingerprint density at radius 2 is 1.77 bits per heavy atom. The van der Waals surface area contributed by atoms with Crippen LogP contribution in [0.2, 0.25) is 0 Å². The Bertz CT molecular complexity index is 510. The minimum atomic E-state index is -0.139. The van der Waals surface area contributed by atoms with Gasteiger partial charge in [0.2, 0.25) is 5.91 Å². The number of carbonyl (C=O) groups is 2. The lowest BCUT2D eigenvalue weighted by Crippen LogP contribution is -2.37. The maximum Gasteiger partial charge on any atom is 0.251 e. The lowest BCUT2D eigenvalue weighted by Gasteiger charge is -2.11. The summed E-state index contributed by atoms with van der Waals surface area (Å²) in [6.45, 7) is 0.853. The van der Waals surface area contributed by atoms with Gasteiger partial charge in [0.25, 0.3) is 5.91 Å². The molecule has 5 nitrogen and oxygen atoms in total. The summed E-state index contributed by atoms with van der Waals surface area (Å²) < 4.78 is 0.932. The second-order valence-corrected chi connectivity index (χ2v) is 6.24. The highest BCUT2D eigenvalue weighted by Crippen LogP contribution is 2.23. The van der Waals surface area contributed by atoms with Gasteiger partial charge < -0.3 is 16.4 Å². The average Bonchev–Trinajstić information content (AvgIpc) is 2.90. The van der Waals surface area contributed by atoms with E-state index >= 15 is 0 Å². The molecule has 0 aromatic heterocycles. The normalized spacial score (nSPS) is 20.1. The van der Waals surface area contributed by atoms with Crippen LogP contribution < -0.4 is 16.4 Å². The summed E-state index contributed by atoms with van der Waals surface area (Å²) in [6.07, 6.45) is 2.54. The van der Waals surface area contributed by atoms with Gasteiger partial charge in [-0.2, -0.15) is 0 Å². The first-order valence-corrected chi connectivity index (χ1v) is 7.92. The van der Waals surface area contributed by atoms with Crippen molar-refractivity contribution in [2.45, 2.75) is 25.3 Å². The molecule has 1 aromatic rings. The minimum absolute atomic E-state index is 0. The van der Waals surface area contributed by atoms with E-state index in [9.17, 15) is 9.59 Å². The molecule has 0 aliphatic heterocycles. The average molecular weight is 391 g/mol. The Balaban J connectivity index is 0.00000242. The van der Waals surface area contributed by atoms with Crippen LogP contribution in [0.1, 0.15) is 29.6 Å². The molecule has 1 fully saturated rings. The van der Waals surface area contributed by atoms with Gasteiger partial charge in [-0.3, -0.25) is 9.59 Å². The molecule has 4 N–H and O–H groups in total. The fourth-order valence-corrected chi connectivity index (χ4v) is 2.73. The third-order valence-electron chi connectivity index (χ3n) is 3.66. The van der Waals surface area contributed by atoms with Crippen molar-refractivity contribution < 1.29 is 9.59 Å². The lowest BCUT2D eigenvalue weighted by atomic mass is 10.1. The molecule has 1 aliphatic rings. The molecule has 0 spiro atoms. The Morgan fingerprint density at radius 3 is 2.36 bits per heavy atom. The summed E-state index contributed by atoms with van der Waals surface area (Å²) in [5, 5.41) is 5.62. The standard InChI is InChI=1S/C15H20BrN3O2.ClH/c16-12-4-1-10(2-5-12)14(20)18-7-8-19-15(21)11-3-6-13(17)9-11;/h1-2,4-5,11,13H,3,6-9,17H2,(H,18,20)(H,19,21);1H. The highest BCUT2D eigenvalue weighted by molar-refractivity contribution is 9.10. The summed E-state index contributed by atoms with van der Waals surface area (Å²) >= 11 is 3.32. The van der Waals surface area contributed by atoms with Crippen molar-refractivity contribution in [3.05, 3.63) is 34.3 Å². The van der Waals surface area contributed by atoms with Gasteiger partial charge in [0.05, 0.1) is 0 Å². The Labute approximate surface area is 144 Å². The van der Waals surface area contributed by atoms with Gasteiger partial charge in [0.15, 0.2) is 0 Å². The molecule has 22 heavy (non-hydrogen) atoms. The van der Waals surface area contributed by atoms with E-state index < -0.39 is 0 Å². The van der Waals surface area contributed by atoms with Crippen molar-refractivity contribution in [3.8, 4) is 0 Å². The minimum Gasteiger partial charge on any atom is -0.354 e. The number of nitrogens with one attached hydrogen (secondary N) is 2. The number of benzene rings is 1. The van der Waals surface area contributed by atoms with Gasteiger partial charge in [0, 0.05) is 35.1 Å². The van der Waals surface area contributed by atoms with Crippen molar-refractivity contribution in [1.29, 1.82) is 0 Å². The van der Waals surface area contributed by atoms with E-state index in [2.05, 4.69) is 26.6 Å². The number of hydrogen-bond donors (Lipinski definition) is 3. The van der Waals surface area contributed by atoms with Crippen LogP contribution in [0.15, 0.2) is 28.7 Å². The molecule has 0 bridgehead atoms. The van der Waals surface area contributed by atoms with Crippen molar-refractivity contribution >= 4 is 40.2 Å². The van der Waals surface area contributed by atoms with Crippen molar-refractivity contribution in [2.24, 2.45) is 11.7 Å². The molecule has 0 saturated heterocycles. The molecule has 2 atom stereocenters. The van der Waals surface area contributed by atoms with Gasteiger partial charge in [-0.15, -0.1) is 12.4 Å². The smallest absolute Gasteiger partial charge is 0.251 e. The van der Waals surface area contributed by atoms with E-state index in [1.54, 1.807) is 12.1 Å². The van der Waals surface area contributed by atoms with E-state index in [-0.39, 0.29) is 36.2 Å². The first-order chi connectivity index (χ1) is 10.1. The zero-order valence-electron chi connectivity index (χ0n) is 12.2. The molecular weight excluding hydrogens is 370 g/mol. The molecule has 7 heteroatoms. The van der Waals surface area contributed by atoms with E-state index in [0.29, 0.717) is 18.7 Å². The van der Waals surface area contributed by atoms with Gasteiger partial charge in [-0.1, -0.05) is 15.9 Å². The molecule has 0 radical (unpaired) electrons. The number of hydrogen-bond acceptors (Lipinski definition) is 3. The molecule has 1 aliphatic carbocycles. The molecular formula is C15H21BrClN3O2. The Morgan fingerprint density at radius 1 is 1.14 bits per heavy atom. The van der Waals surface area contributed by atoms with Crippen LogP contribution in [0.5, 0.6) is 0 Å². The second kappa shape index (κ2) is 9.12. The van der Waals surface area contributed by atoms with Gasteiger partial charge in [-0.05, 0) is 43.5 Å². The van der Waals surface area contributed by atoms with Gasteiger partial charge in [0.1, 0.15) is 0 Å². The van der Waals surface area contributed by atoms with Crippen LogP contribution in [0.4, 0.5) is 0 Å². The molecule has 1 saturated carbocycles. The number of nitrogens with two attached hydrogens (primary N) is 1. The van der Waals surface area contributed by atoms with Crippen LogP contribution in [-0.2, 0) is 4.79 Å². The zero-order valence-corrected chi connectivity index (χ0v) is 14.6. The first-order valence-electron chi connectivity index (χ1n) is 7.13. The van der Waals surface area contributed by atoms with Crippen LogP contribution in [0.3, 0.4) is 0 Å². The third kappa shape index (κ3) is 5.59. The maximum absolute atomic E-state index is 11.9. The SMILES string of the molecule is Cl.NC1CCC(C(=O)NCCNC(=O)c2ccc(Br)cc2)C1. The number of carbonyl (C=O) groups excluding carboxylic acids is 2. The van der Waals surface area contributed by atoms with Crippen molar-refractivity contribution in [1.82, 2.24) is 10.6 Å². The van der Waals surface area contributed by atoms with Crippen LogP contribution in [0, 0.1) is 5.92 Å². The van der Waals surface area contributed by atoms with E-state index in [0.717, 1.165) is 23.7 Å². The number of amides is 2. The highest BCUT2D eigenvalue weighted by atomic mass is 79.9. The van der Waals surface area contributed by atoms with Crippen LogP contribution >= 0.6 is 28.3 Å². The van der Waals surface area contributed by atoms with Gasteiger partial charge in [-0.25, -0.2) is 0 Å². The molecule has 2 rings (SSSR count). The predicted octanol–water partition coefficient (Wildman–Crippen LogP) is 1.84. The number of rotatable bonds is 5. The second-order valence-electron chi connectivity index (χ2n) is 5.32. The Hall–Kier alpha value is -1.11. The summed E-state index contributed by atoms with van der Waals surface area (Å²) in [6, 6.07) is 7.29. The number of halogens is 2. The first kappa shape index (κ1) is 18.9. The predicted molar refractivity (Wildman–Crippen MR) is 92.0 cm³/mol. The third-order valence-corrected chi connectivity index (χ3v) is 4.19. The largest absolute Gasteiger partial charge is 0.354 e. The molecule has 0 heterocycles. The summed E-state index contributed by atoms with van der Waals surface area (Å²) in [4.78, 5) is 23.7. The van der Waals surface area contributed by atoms with Crippen LogP contribution in [-0.4, -0.2) is 30.9 Å². The molecule has 2 amide bonds.